The van der Waals surface area contributed by atoms with Gasteiger partial charge in [-0.15, -0.1) is 0 Å². The van der Waals surface area contributed by atoms with Crippen LogP contribution in [0.5, 0.6) is 0 Å². The highest BCUT2D eigenvalue weighted by molar-refractivity contribution is 6.21. The predicted molar refractivity (Wildman–Crippen MR) is 203 cm³/mol. The lowest BCUT2D eigenvalue weighted by Crippen LogP contribution is -1.95. The lowest BCUT2D eigenvalue weighted by molar-refractivity contribution is 1.15. The van der Waals surface area contributed by atoms with Crippen molar-refractivity contribution in [1.29, 1.82) is 0 Å². The Bertz CT molecular complexity index is 2490. The molecule has 5 nitrogen and oxygen atoms in total. The SMILES string of the molecule is c1ccc(-c2ccc(-c3c4ccccc4c(-c4ccc(-c5cc(-c6cnccn6)nc(-c6cnccn6)c5)cc4)c4ccccc34)cc2)cc1. The van der Waals surface area contributed by atoms with Crippen molar-refractivity contribution in [2.75, 3.05) is 0 Å². The van der Waals surface area contributed by atoms with E-state index in [1.807, 2.05) is 0 Å². The summed E-state index contributed by atoms with van der Waals surface area (Å²) in [5, 5.41) is 4.91. The Morgan fingerprint density at radius 2 is 0.680 bits per heavy atom. The molecule has 50 heavy (non-hydrogen) atoms. The van der Waals surface area contributed by atoms with Crippen molar-refractivity contribution >= 4 is 21.5 Å². The van der Waals surface area contributed by atoms with Crippen molar-refractivity contribution < 1.29 is 0 Å². The highest BCUT2D eigenvalue weighted by Crippen LogP contribution is 2.44. The molecule has 0 atom stereocenters. The molecule has 0 aliphatic carbocycles. The number of hydrogen-bond acceptors (Lipinski definition) is 5. The van der Waals surface area contributed by atoms with Crippen LogP contribution >= 0.6 is 0 Å². The molecular weight excluding hydrogens is 611 g/mol. The Kier molecular flexibility index (Phi) is 7.41. The molecule has 9 rings (SSSR count). The maximum atomic E-state index is 4.88. The minimum atomic E-state index is 0.698. The van der Waals surface area contributed by atoms with Gasteiger partial charge in [0.2, 0.25) is 0 Å². The monoisotopic (exact) mass is 639 g/mol. The van der Waals surface area contributed by atoms with Gasteiger partial charge in [-0.2, -0.15) is 0 Å². The first kappa shape index (κ1) is 29.3. The Morgan fingerprint density at radius 3 is 1.10 bits per heavy atom. The topological polar surface area (TPSA) is 64.5 Å². The van der Waals surface area contributed by atoms with Crippen LogP contribution in [0.2, 0.25) is 0 Å². The number of fused-ring (bicyclic) bond motifs is 2. The first-order chi connectivity index (χ1) is 24.8. The Balaban J connectivity index is 1.17. The van der Waals surface area contributed by atoms with Gasteiger partial charge in [0.15, 0.2) is 0 Å². The van der Waals surface area contributed by atoms with Crippen molar-refractivity contribution in [3.8, 4) is 67.3 Å². The number of nitrogens with zero attached hydrogens (tertiary/aromatic N) is 5. The van der Waals surface area contributed by atoms with E-state index in [0.717, 1.165) is 28.1 Å². The molecule has 0 radical (unpaired) electrons. The second kappa shape index (κ2) is 12.6. The summed E-state index contributed by atoms with van der Waals surface area (Å²) in [6.45, 7) is 0. The summed E-state index contributed by atoms with van der Waals surface area (Å²) in [5.74, 6) is 0. The highest BCUT2D eigenvalue weighted by atomic mass is 14.9. The van der Waals surface area contributed by atoms with Crippen LogP contribution in [0.4, 0.5) is 0 Å². The van der Waals surface area contributed by atoms with Gasteiger partial charge in [-0.05, 0) is 78.2 Å². The van der Waals surface area contributed by atoms with Crippen molar-refractivity contribution in [3.05, 3.63) is 177 Å². The Morgan fingerprint density at radius 1 is 0.300 bits per heavy atom. The smallest absolute Gasteiger partial charge is 0.107 e. The van der Waals surface area contributed by atoms with Gasteiger partial charge in [-0.3, -0.25) is 19.9 Å². The quantitative estimate of drug-likeness (QED) is 0.169. The normalized spacial score (nSPS) is 11.2. The van der Waals surface area contributed by atoms with Crippen LogP contribution in [0.25, 0.3) is 88.8 Å². The third-order valence-electron chi connectivity index (χ3n) is 9.20. The van der Waals surface area contributed by atoms with Gasteiger partial charge in [-0.25, -0.2) is 4.98 Å². The predicted octanol–water partition coefficient (Wildman–Crippen LogP) is 11.0. The van der Waals surface area contributed by atoms with Crippen LogP contribution in [0.15, 0.2) is 177 Å². The molecule has 0 aliphatic heterocycles. The zero-order chi connectivity index (χ0) is 33.3. The molecule has 0 spiro atoms. The van der Waals surface area contributed by atoms with Crippen LogP contribution in [0, 0.1) is 0 Å². The maximum Gasteiger partial charge on any atom is 0.107 e. The third-order valence-corrected chi connectivity index (χ3v) is 9.20. The standard InChI is InChI=1S/C45H29N5/c1-2-8-30(9-3-1)31-14-18-33(19-15-31)44-36-10-4-6-12-38(36)45(39-13-7-5-11-37(39)44)34-20-16-32(17-21-34)35-26-40(42-28-46-22-24-48-42)50-41(27-35)43-29-47-23-25-49-43/h1-29H. The van der Waals surface area contributed by atoms with Crippen LogP contribution in [0.3, 0.4) is 0 Å². The van der Waals surface area contributed by atoms with Crippen LogP contribution in [0.1, 0.15) is 0 Å². The molecular formula is C45H29N5. The largest absolute Gasteiger partial charge is 0.261 e. The van der Waals surface area contributed by atoms with Crippen molar-refractivity contribution in [2.45, 2.75) is 0 Å². The number of benzene rings is 6. The molecule has 0 saturated carbocycles. The minimum Gasteiger partial charge on any atom is -0.261 e. The third kappa shape index (κ3) is 5.37. The van der Waals surface area contributed by atoms with E-state index in [0.29, 0.717) is 11.4 Å². The lowest BCUT2D eigenvalue weighted by atomic mass is 9.85. The van der Waals surface area contributed by atoms with E-state index in [4.69, 9.17) is 4.98 Å². The van der Waals surface area contributed by atoms with Gasteiger partial charge < -0.3 is 0 Å². The van der Waals surface area contributed by atoms with Gasteiger partial charge in [0, 0.05) is 24.8 Å². The van der Waals surface area contributed by atoms with Crippen LogP contribution in [-0.2, 0) is 0 Å². The summed E-state index contributed by atoms with van der Waals surface area (Å²) in [4.78, 5) is 22.5. The average Bonchev–Trinajstić information content (AvgIpc) is 3.21. The van der Waals surface area contributed by atoms with E-state index in [2.05, 4.69) is 159 Å². The molecule has 234 valence electrons. The molecule has 0 saturated heterocycles. The van der Waals surface area contributed by atoms with Crippen molar-refractivity contribution in [1.82, 2.24) is 24.9 Å². The van der Waals surface area contributed by atoms with E-state index in [-0.39, 0.29) is 0 Å². The molecule has 6 aromatic carbocycles. The summed E-state index contributed by atoms with van der Waals surface area (Å²) in [7, 11) is 0. The first-order valence-electron chi connectivity index (χ1n) is 16.6. The molecule has 9 aromatic rings. The molecule has 0 unspecified atom stereocenters. The minimum absolute atomic E-state index is 0.698. The summed E-state index contributed by atoms with van der Waals surface area (Å²) in [6.07, 6.45) is 10.1. The van der Waals surface area contributed by atoms with Crippen LogP contribution < -0.4 is 0 Å². The number of pyridine rings is 1. The van der Waals surface area contributed by atoms with Gasteiger partial charge in [0.1, 0.15) is 11.4 Å². The molecule has 3 heterocycles. The first-order valence-corrected chi connectivity index (χ1v) is 16.6. The number of hydrogen-bond donors (Lipinski definition) is 0. The summed E-state index contributed by atoms with van der Waals surface area (Å²) >= 11 is 0. The lowest BCUT2D eigenvalue weighted by Gasteiger charge is -2.18. The molecule has 0 bridgehead atoms. The molecule has 0 N–H and O–H groups in total. The van der Waals surface area contributed by atoms with Gasteiger partial charge in [-0.1, -0.05) is 127 Å². The molecule has 0 amide bonds. The Hall–Kier alpha value is -6.85. The summed E-state index contributed by atoms with van der Waals surface area (Å²) < 4.78 is 0. The number of aromatic nitrogens is 5. The fourth-order valence-corrected chi connectivity index (χ4v) is 6.86. The second-order valence-corrected chi connectivity index (χ2v) is 12.2. The van der Waals surface area contributed by atoms with Crippen LogP contribution in [-0.4, -0.2) is 24.9 Å². The maximum absolute atomic E-state index is 4.88. The highest BCUT2D eigenvalue weighted by Gasteiger charge is 2.17. The van der Waals surface area contributed by atoms with Gasteiger partial charge in [0.05, 0.1) is 23.8 Å². The zero-order valence-corrected chi connectivity index (χ0v) is 27.0. The fourth-order valence-electron chi connectivity index (χ4n) is 6.86. The molecule has 5 heteroatoms. The molecule has 3 aromatic heterocycles. The molecule has 0 fully saturated rings. The van der Waals surface area contributed by atoms with E-state index >= 15 is 0 Å². The van der Waals surface area contributed by atoms with Gasteiger partial charge >= 0.3 is 0 Å². The Labute approximate surface area is 289 Å². The number of rotatable bonds is 6. The van der Waals surface area contributed by atoms with Crippen molar-refractivity contribution in [2.24, 2.45) is 0 Å². The van der Waals surface area contributed by atoms with E-state index in [1.54, 1.807) is 37.2 Å². The van der Waals surface area contributed by atoms with E-state index in [9.17, 15) is 0 Å². The van der Waals surface area contributed by atoms with E-state index < -0.39 is 0 Å². The van der Waals surface area contributed by atoms with Crippen molar-refractivity contribution in [3.63, 3.8) is 0 Å². The summed E-state index contributed by atoms with van der Waals surface area (Å²) in [6, 6.07) is 50.0. The van der Waals surface area contributed by atoms with E-state index in [1.165, 1.54) is 49.4 Å². The second-order valence-electron chi connectivity index (χ2n) is 12.2. The van der Waals surface area contributed by atoms with Gasteiger partial charge in [0.25, 0.3) is 0 Å². The average molecular weight is 640 g/mol. The summed E-state index contributed by atoms with van der Waals surface area (Å²) in [5.41, 5.74) is 12.2. The fraction of sp³-hybridized carbons (Fsp3) is 0. The zero-order valence-electron chi connectivity index (χ0n) is 27.0. The molecule has 0 aliphatic rings.